The van der Waals surface area contributed by atoms with Gasteiger partial charge in [0.15, 0.2) is 0 Å². The van der Waals surface area contributed by atoms with Gasteiger partial charge >= 0.3 is 12.1 Å². The van der Waals surface area contributed by atoms with Crippen molar-refractivity contribution >= 4 is 29.3 Å². The molecule has 1 fully saturated rings. The van der Waals surface area contributed by atoms with E-state index < -0.39 is 23.6 Å². The van der Waals surface area contributed by atoms with Gasteiger partial charge in [-0.25, -0.2) is 4.98 Å². The normalized spacial score (nSPS) is 15.9. The van der Waals surface area contributed by atoms with Crippen LogP contribution in [0, 0.1) is 5.92 Å². The topological polar surface area (TPSA) is 82.5 Å². The number of carbonyl (C=O) groups is 2. The van der Waals surface area contributed by atoms with E-state index >= 15 is 0 Å². The lowest BCUT2D eigenvalue weighted by molar-refractivity contribution is -0.145. The number of hydrogen-bond acceptors (Lipinski definition) is 4. The summed E-state index contributed by atoms with van der Waals surface area (Å²) in [5, 5.41) is 11.5. The van der Waals surface area contributed by atoms with Gasteiger partial charge < -0.3 is 15.3 Å². The first kappa shape index (κ1) is 19.3. The number of carboxylic acids is 1. The van der Waals surface area contributed by atoms with Gasteiger partial charge in [0.1, 0.15) is 5.82 Å². The second kappa shape index (κ2) is 7.90. The largest absolute Gasteiger partial charge is 0.481 e. The van der Waals surface area contributed by atoms with E-state index in [-0.39, 0.29) is 29.7 Å². The summed E-state index contributed by atoms with van der Waals surface area (Å²) in [6, 6.07) is 0.773. The molecule has 0 saturated carbocycles. The van der Waals surface area contributed by atoms with E-state index in [0.29, 0.717) is 32.1 Å². The SMILES string of the molecule is O=C(O)C1CCN(C(=O)CCNc2ncc(C(F)(F)F)cc2Cl)CC1. The van der Waals surface area contributed by atoms with E-state index in [0.717, 1.165) is 6.07 Å². The number of piperidine rings is 1. The number of likely N-dealkylation sites (tertiary alicyclic amines) is 1. The molecule has 138 valence electrons. The van der Waals surface area contributed by atoms with Crippen molar-refractivity contribution in [3.05, 3.63) is 22.8 Å². The number of carboxylic acid groups (broad SMARTS) is 1. The number of pyridine rings is 1. The molecule has 25 heavy (non-hydrogen) atoms. The maximum atomic E-state index is 12.5. The number of nitrogens with zero attached hydrogens (tertiary/aromatic N) is 2. The highest BCUT2D eigenvalue weighted by Gasteiger charge is 2.31. The van der Waals surface area contributed by atoms with Crippen molar-refractivity contribution in [1.29, 1.82) is 0 Å². The predicted molar refractivity (Wildman–Crippen MR) is 84.3 cm³/mol. The highest BCUT2D eigenvalue weighted by atomic mass is 35.5. The van der Waals surface area contributed by atoms with E-state index in [2.05, 4.69) is 10.3 Å². The number of rotatable bonds is 5. The molecule has 2 rings (SSSR count). The summed E-state index contributed by atoms with van der Waals surface area (Å²) in [5.41, 5.74) is -0.944. The molecule has 0 spiro atoms. The third-order valence-corrected chi connectivity index (χ3v) is 4.28. The molecule has 1 aliphatic rings. The molecule has 0 unspecified atom stereocenters. The maximum Gasteiger partial charge on any atom is 0.417 e. The summed E-state index contributed by atoms with van der Waals surface area (Å²) in [4.78, 5) is 28.2. The Balaban J connectivity index is 1.81. The fourth-order valence-corrected chi connectivity index (χ4v) is 2.78. The van der Waals surface area contributed by atoms with Crippen LogP contribution in [-0.4, -0.2) is 46.5 Å². The monoisotopic (exact) mass is 379 g/mol. The van der Waals surface area contributed by atoms with Crippen LogP contribution in [0.4, 0.5) is 19.0 Å². The van der Waals surface area contributed by atoms with Crippen molar-refractivity contribution in [2.75, 3.05) is 25.0 Å². The summed E-state index contributed by atoms with van der Waals surface area (Å²) >= 11 is 5.77. The fraction of sp³-hybridized carbons (Fsp3) is 0.533. The lowest BCUT2D eigenvalue weighted by Crippen LogP contribution is -2.40. The first-order chi connectivity index (χ1) is 11.7. The van der Waals surface area contributed by atoms with Crippen LogP contribution >= 0.6 is 11.6 Å². The molecule has 6 nitrogen and oxygen atoms in total. The van der Waals surface area contributed by atoms with E-state index in [9.17, 15) is 22.8 Å². The number of nitrogens with one attached hydrogen (secondary N) is 1. The van der Waals surface area contributed by atoms with Crippen LogP contribution in [0.15, 0.2) is 12.3 Å². The van der Waals surface area contributed by atoms with Gasteiger partial charge in [-0.2, -0.15) is 13.2 Å². The first-order valence-corrected chi connectivity index (χ1v) is 8.03. The molecule has 2 heterocycles. The van der Waals surface area contributed by atoms with Crippen LogP contribution in [-0.2, 0) is 15.8 Å². The van der Waals surface area contributed by atoms with Gasteiger partial charge in [0.05, 0.1) is 16.5 Å². The van der Waals surface area contributed by atoms with Crippen molar-refractivity contribution in [3.8, 4) is 0 Å². The number of halogens is 4. The molecule has 0 aromatic carbocycles. The summed E-state index contributed by atoms with van der Waals surface area (Å²) in [6.07, 6.45) is -2.90. The van der Waals surface area contributed by atoms with Crippen LogP contribution in [0.25, 0.3) is 0 Å². The Bertz CT molecular complexity index is 647. The predicted octanol–water partition coefficient (Wildman–Crippen LogP) is 2.88. The zero-order valence-electron chi connectivity index (χ0n) is 13.1. The molecule has 2 N–H and O–H groups in total. The Morgan fingerprint density at radius 1 is 1.36 bits per heavy atom. The minimum Gasteiger partial charge on any atom is -0.481 e. The average molecular weight is 380 g/mol. The second-order valence-electron chi connectivity index (χ2n) is 5.72. The zero-order chi connectivity index (χ0) is 18.6. The number of carbonyl (C=O) groups excluding carboxylic acids is 1. The van der Waals surface area contributed by atoms with Crippen LogP contribution in [0.5, 0.6) is 0 Å². The van der Waals surface area contributed by atoms with Gasteiger partial charge in [0, 0.05) is 32.3 Å². The van der Waals surface area contributed by atoms with E-state index in [1.807, 2.05) is 0 Å². The summed E-state index contributed by atoms with van der Waals surface area (Å²) in [5.74, 6) is -1.35. The number of anilines is 1. The Labute approximate surface area is 147 Å². The highest BCUT2D eigenvalue weighted by molar-refractivity contribution is 6.32. The number of aromatic nitrogens is 1. The molecule has 10 heteroatoms. The van der Waals surface area contributed by atoms with Crippen LogP contribution in [0.2, 0.25) is 5.02 Å². The standard InChI is InChI=1S/C15H17ClF3N3O3/c16-11-7-10(15(17,18)19)8-21-13(11)20-4-1-12(23)22-5-2-9(3-6-22)14(24)25/h7-9H,1-6H2,(H,20,21)(H,24,25). The number of aliphatic carboxylic acids is 1. The Hall–Kier alpha value is -2.03. The van der Waals surface area contributed by atoms with Crippen LogP contribution < -0.4 is 5.32 Å². The van der Waals surface area contributed by atoms with Gasteiger partial charge in [-0.1, -0.05) is 11.6 Å². The number of alkyl halides is 3. The Morgan fingerprint density at radius 2 is 2.00 bits per heavy atom. The fourth-order valence-electron chi connectivity index (χ4n) is 2.54. The summed E-state index contributed by atoms with van der Waals surface area (Å²) < 4.78 is 37.6. The molecule has 0 bridgehead atoms. The molecule has 0 radical (unpaired) electrons. The van der Waals surface area contributed by atoms with Gasteiger partial charge in [0.2, 0.25) is 5.91 Å². The third-order valence-electron chi connectivity index (χ3n) is 4.00. The average Bonchev–Trinajstić information content (AvgIpc) is 2.55. The van der Waals surface area contributed by atoms with Gasteiger partial charge in [-0.05, 0) is 18.9 Å². The van der Waals surface area contributed by atoms with E-state index in [1.54, 1.807) is 4.90 Å². The van der Waals surface area contributed by atoms with Crippen LogP contribution in [0.3, 0.4) is 0 Å². The minimum atomic E-state index is -4.52. The van der Waals surface area contributed by atoms with Gasteiger partial charge in [0.25, 0.3) is 0 Å². The van der Waals surface area contributed by atoms with Gasteiger partial charge in [-0.3, -0.25) is 9.59 Å². The lowest BCUT2D eigenvalue weighted by Gasteiger charge is -2.30. The molecule has 0 atom stereocenters. The second-order valence-corrected chi connectivity index (χ2v) is 6.13. The van der Waals surface area contributed by atoms with Crippen molar-refractivity contribution in [3.63, 3.8) is 0 Å². The van der Waals surface area contributed by atoms with Crippen molar-refractivity contribution in [2.24, 2.45) is 5.92 Å². The minimum absolute atomic E-state index is 0.0760. The smallest absolute Gasteiger partial charge is 0.417 e. The van der Waals surface area contributed by atoms with Crippen LogP contribution in [0.1, 0.15) is 24.8 Å². The molecule has 1 aromatic rings. The highest BCUT2D eigenvalue weighted by Crippen LogP contribution is 2.32. The van der Waals surface area contributed by atoms with Crippen molar-refractivity contribution in [2.45, 2.75) is 25.4 Å². The van der Waals surface area contributed by atoms with E-state index in [4.69, 9.17) is 16.7 Å². The van der Waals surface area contributed by atoms with Crippen molar-refractivity contribution in [1.82, 2.24) is 9.88 Å². The summed E-state index contributed by atoms with van der Waals surface area (Å²) in [6.45, 7) is 0.931. The molecule has 1 aliphatic heterocycles. The van der Waals surface area contributed by atoms with E-state index in [1.165, 1.54) is 0 Å². The zero-order valence-corrected chi connectivity index (χ0v) is 13.9. The third kappa shape index (κ3) is 5.22. The molecule has 1 saturated heterocycles. The number of hydrogen-bond donors (Lipinski definition) is 2. The van der Waals surface area contributed by atoms with Crippen molar-refractivity contribution < 1.29 is 27.9 Å². The molecule has 1 aromatic heterocycles. The first-order valence-electron chi connectivity index (χ1n) is 7.65. The Morgan fingerprint density at radius 3 is 2.52 bits per heavy atom. The molecular weight excluding hydrogens is 363 g/mol. The lowest BCUT2D eigenvalue weighted by atomic mass is 9.97. The molecule has 1 amide bonds. The Kier molecular flexibility index (Phi) is 6.10. The quantitative estimate of drug-likeness (QED) is 0.822. The number of amides is 1. The molecule has 0 aliphatic carbocycles. The maximum absolute atomic E-state index is 12.5. The van der Waals surface area contributed by atoms with Gasteiger partial charge in [-0.15, -0.1) is 0 Å². The summed E-state index contributed by atoms with van der Waals surface area (Å²) in [7, 11) is 0. The molecular formula is C15H17ClF3N3O3.